The first-order valence-electron chi connectivity index (χ1n) is 7.51. The highest BCUT2D eigenvalue weighted by Gasteiger charge is 2.16. The third-order valence-corrected chi connectivity index (χ3v) is 3.80. The predicted octanol–water partition coefficient (Wildman–Crippen LogP) is 3.73. The van der Waals surface area contributed by atoms with Crippen LogP contribution in [0.5, 0.6) is 0 Å². The smallest absolute Gasteiger partial charge is 0.258 e. The number of carbonyl (C=O) groups excluding carboxylic acids is 2. The first kappa shape index (κ1) is 16.6. The minimum absolute atomic E-state index is 0.282. The third kappa shape index (κ3) is 3.19. The van der Waals surface area contributed by atoms with Crippen LogP contribution in [0.3, 0.4) is 0 Å². The van der Waals surface area contributed by atoms with E-state index in [1.54, 1.807) is 36.4 Å². The van der Waals surface area contributed by atoms with Crippen LogP contribution in [0.1, 0.15) is 20.7 Å². The zero-order valence-corrected chi connectivity index (χ0v) is 13.3. The first-order valence-corrected chi connectivity index (χ1v) is 7.51. The van der Waals surface area contributed by atoms with E-state index < -0.39 is 17.5 Å². The van der Waals surface area contributed by atoms with Crippen LogP contribution in [0.4, 0.5) is 14.5 Å². The molecule has 2 amide bonds. The topological polar surface area (TPSA) is 58.2 Å². The van der Waals surface area contributed by atoms with Crippen molar-refractivity contribution in [1.82, 2.24) is 5.32 Å². The zero-order chi connectivity index (χ0) is 18.0. The van der Waals surface area contributed by atoms with Crippen LogP contribution in [0.25, 0.3) is 10.8 Å². The van der Waals surface area contributed by atoms with Gasteiger partial charge in [-0.3, -0.25) is 9.59 Å². The van der Waals surface area contributed by atoms with Crippen molar-refractivity contribution < 1.29 is 18.4 Å². The number of benzene rings is 3. The molecule has 3 aromatic rings. The van der Waals surface area contributed by atoms with E-state index in [0.717, 1.165) is 17.5 Å². The van der Waals surface area contributed by atoms with E-state index in [0.29, 0.717) is 22.7 Å². The minimum Gasteiger partial charge on any atom is -0.355 e. The summed E-state index contributed by atoms with van der Waals surface area (Å²) in [5.74, 6) is -2.75. The van der Waals surface area contributed by atoms with Gasteiger partial charge in [0.2, 0.25) is 0 Å². The van der Waals surface area contributed by atoms with Crippen LogP contribution in [0, 0.1) is 11.6 Å². The Labute approximate surface area is 142 Å². The van der Waals surface area contributed by atoms with Crippen molar-refractivity contribution in [2.45, 2.75) is 0 Å². The van der Waals surface area contributed by atoms with Gasteiger partial charge in [-0.25, -0.2) is 8.78 Å². The zero-order valence-electron chi connectivity index (χ0n) is 13.3. The normalized spacial score (nSPS) is 10.5. The van der Waals surface area contributed by atoms with E-state index in [4.69, 9.17) is 0 Å². The van der Waals surface area contributed by atoms with E-state index in [1.807, 2.05) is 0 Å². The molecule has 0 spiro atoms. The van der Waals surface area contributed by atoms with Crippen molar-refractivity contribution in [1.29, 1.82) is 0 Å². The van der Waals surface area contributed by atoms with Crippen LogP contribution in [0.2, 0.25) is 0 Å². The summed E-state index contributed by atoms with van der Waals surface area (Å²) < 4.78 is 26.8. The van der Waals surface area contributed by atoms with E-state index in [9.17, 15) is 18.4 Å². The van der Waals surface area contributed by atoms with Gasteiger partial charge in [0.25, 0.3) is 11.8 Å². The van der Waals surface area contributed by atoms with Crippen molar-refractivity contribution in [2.24, 2.45) is 0 Å². The predicted molar refractivity (Wildman–Crippen MR) is 91.6 cm³/mol. The molecule has 4 nitrogen and oxygen atoms in total. The lowest BCUT2D eigenvalue weighted by Crippen LogP contribution is -2.19. The van der Waals surface area contributed by atoms with Crippen LogP contribution >= 0.6 is 0 Å². The number of hydrogen-bond donors (Lipinski definition) is 2. The van der Waals surface area contributed by atoms with E-state index in [1.165, 1.54) is 7.05 Å². The molecule has 3 aromatic carbocycles. The molecule has 0 aliphatic heterocycles. The van der Waals surface area contributed by atoms with Gasteiger partial charge in [0.05, 0.1) is 5.56 Å². The molecular weight excluding hydrogens is 326 g/mol. The van der Waals surface area contributed by atoms with Crippen LogP contribution in [-0.2, 0) is 0 Å². The van der Waals surface area contributed by atoms with Crippen LogP contribution < -0.4 is 10.6 Å². The minimum atomic E-state index is -0.954. The van der Waals surface area contributed by atoms with Gasteiger partial charge in [-0.1, -0.05) is 24.3 Å². The van der Waals surface area contributed by atoms with Crippen molar-refractivity contribution >= 4 is 28.3 Å². The molecule has 126 valence electrons. The molecule has 2 N–H and O–H groups in total. The Morgan fingerprint density at radius 1 is 0.880 bits per heavy atom. The Bertz CT molecular complexity index is 981. The van der Waals surface area contributed by atoms with Gasteiger partial charge in [-0.05, 0) is 29.7 Å². The standard InChI is InChI=1S/C19H14F2N2O2/c1-22-18(24)14-6-2-4-11-5-3-7-16(17(11)14)23-19(25)13-9-8-12(20)10-15(13)21/h2-10H,1H3,(H,22,24)(H,23,25). The summed E-state index contributed by atoms with van der Waals surface area (Å²) in [6.45, 7) is 0. The van der Waals surface area contributed by atoms with E-state index in [2.05, 4.69) is 10.6 Å². The quantitative estimate of drug-likeness (QED) is 0.763. The van der Waals surface area contributed by atoms with Crippen molar-refractivity contribution in [3.63, 3.8) is 0 Å². The number of carbonyl (C=O) groups is 2. The van der Waals surface area contributed by atoms with Gasteiger partial charge < -0.3 is 10.6 Å². The van der Waals surface area contributed by atoms with Gasteiger partial charge >= 0.3 is 0 Å². The van der Waals surface area contributed by atoms with E-state index >= 15 is 0 Å². The summed E-state index contributed by atoms with van der Waals surface area (Å²) in [5, 5.41) is 6.44. The van der Waals surface area contributed by atoms with Gasteiger partial charge in [0, 0.05) is 29.8 Å². The number of nitrogens with one attached hydrogen (secondary N) is 2. The number of fused-ring (bicyclic) bond motifs is 1. The maximum Gasteiger partial charge on any atom is 0.258 e. The highest BCUT2D eigenvalue weighted by molar-refractivity contribution is 6.15. The molecule has 0 aliphatic carbocycles. The molecule has 0 bridgehead atoms. The average Bonchev–Trinajstić information content (AvgIpc) is 2.60. The lowest BCUT2D eigenvalue weighted by atomic mass is 10.0. The number of halogens is 2. The Kier molecular flexibility index (Phi) is 4.43. The second-order valence-electron chi connectivity index (χ2n) is 5.37. The maximum absolute atomic E-state index is 13.8. The number of amides is 2. The molecule has 0 unspecified atom stereocenters. The Hall–Kier alpha value is -3.28. The average molecular weight is 340 g/mol. The molecule has 6 heteroatoms. The summed E-state index contributed by atoms with van der Waals surface area (Å²) in [5.41, 5.74) is 0.469. The lowest BCUT2D eigenvalue weighted by Gasteiger charge is -2.12. The molecule has 0 aromatic heterocycles. The molecule has 25 heavy (non-hydrogen) atoms. The van der Waals surface area contributed by atoms with Crippen molar-refractivity contribution in [3.8, 4) is 0 Å². The van der Waals surface area contributed by atoms with Gasteiger partial charge in [-0.2, -0.15) is 0 Å². The summed E-state index contributed by atoms with van der Waals surface area (Å²) in [4.78, 5) is 24.5. The fraction of sp³-hybridized carbons (Fsp3) is 0.0526. The first-order chi connectivity index (χ1) is 12.0. The Balaban J connectivity index is 2.07. The Morgan fingerprint density at radius 3 is 2.28 bits per heavy atom. The molecule has 0 radical (unpaired) electrons. The fourth-order valence-electron chi connectivity index (χ4n) is 2.63. The monoisotopic (exact) mass is 340 g/mol. The Morgan fingerprint density at radius 2 is 1.60 bits per heavy atom. The van der Waals surface area contributed by atoms with Gasteiger partial charge in [0.15, 0.2) is 0 Å². The largest absolute Gasteiger partial charge is 0.355 e. The number of rotatable bonds is 3. The van der Waals surface area contributed by atoms with Gasteiger partial charge in [-0.15, -0.1) is 0 Å². The van der Waals surface area contributed by atoms with Crippen LogP contribution in [-0.4, -0.2) is 18.9 Å². The molecule has 0 heterocycles. The second kappa shape index (κ2) is 6.68. The molecule has 0 fully saturated rings. The highest BCUT2D eigenvalue weighted by Crippen LogP contribution is 2.28. The molecule has 0 atom stereocenters. The van der Waals surface area contributed by atoms with Crippen LogP contribution in [0.15, 0.2) is 54.6 Å². The van der Waals surface area contributed by atoms with E-state index in [-0.39, 0.29) is 11.5 Å². The summed E-state index contributed by atoms with van der Waals surface area (Å²) in [7, 11) is 1.51. The molecule has 3 rings (SSSR count). The summed E-state index contributed by atoms with van der Waals surface area (Å²) in [6, 6.07) is 13.0. The van der Waals surface area contributed by atoms with Gasteiger partial charge in [0.1, 0.15) is 11.6 Å². The fourth-order valence-corrected chi connectivity index (χ4v) is 2.63. The molecule has 0 saturated heterocycles. The SMILES string of the molecule is CNC(=O)c1cccc2cccc(NC(=O)c3ccc(F)cc3F)c12. The maximum atomic E-state index is 13.8. The summed E-state index contributed by atoms with van der Waals surface area (Å²) >= 11 is 0. The summed E-state index contributed by atoms with van der Waals surface area (Å²) in [6.07, 6.45) is 0. The third-order valence-electron chi connectivity index (χ3n) is 3.80. The second-order valence-corrected chi connectivity index (χ2v) is 5.37. The highest BCUT2D eigenvalue weighted by atomic mass is 19.1. The molecular formula is C19H14F2N2O2. The van der Waals surface area contributed by atoms with Crippen molar-refractivity contribution in [3.05, 3.63) is 77.4 Å². The number of anilines is 1. The van der Waals surface area contributed by atoms with Crippen molar-refractivity contribution in [2.75, 3.05) is 12.4 Å². The lowest BCUT2D eigenvalue weighted by molar-refractivity contribution is 0.0963. The number of hydrogen-bond acceptors (Lipinski definition) is 2. The molecule has 0 saturated carbocycles. The molecule has 0 aliphatic rings.